The van der Waals surface area contributed by atoms with Crippen LogP contribution in [0.25, 0.3) is 6.08 Å². The second-order valence-electron chi connectivity index (χ2n) is 2.37. The van der Waals surface area contributed by atoms with Gasteiger partial charge in [0.05, 0.1) is 5.69 Å². The summed E-state index contributed by atoms with van der Waals surface area (Å²) in [6.07, 6.45) is 1.79. The van der Waals surface area contributed by atoms with E-state index in [2.05, 4.69) is 18.3 Å². The van der Waals surface area contributed by atoms with Crippen LogP contribution < -0.4 is 0 Å². The van der Waals surface area contributed by atoms with Crippen LogP contribution in [0.15, 0.2) is 29.8 Å². The summed E-state index contributed by atoms with van der Waals surface area (Å²) < 4.78 is 0. The molecule has 13 heavy (non-hydrogen) atoms. The molecule has 0 fully saturated rings. The number of hydrogen-bond acceptors (Lipinski definition) is 1. The van der Waals surface area contributed by atoms with E-state index in [1.54, 1.807) is 6.08 Å². The Morgan fingerprint density at radius 1 is 1.31 bits per heavy atom. The summed E-state index contributed by atoms with van der Waals surface area (Å²) in [6, 6.07) is 5.97. The lowest BCUT2D eigenvalue weighted by molar-refractivity contribution is 1.40. The third-order valence-corrected chi connectivity index (χ3v) is 1.65. The zero-order valence-electron chi connectivity index (χ0n) is 8.67. The highest BCUT2D eigenvalue weighted by atomic mass is 14.7. The first-order valence-corrected chi connectivity index (χ1v) is 4.48. The summed E-state index contributed by atoms with van der Waals surface area (Å²) in [5, 5.41) is 0. The van der Waals surface area contributed by atoms with Gasteiger partial charge in [-0.05, 0) is 24.8 Å². The fourth-order valence-electron chi connectivity index (χ4n) is 1.06. The molecule has 0 unspecified atom stereocenters. The molecule has 1 rings (SSSR count). The van der Waals surface area contributed by atoms with Crippen LogP contribution in [0, 0.1) is 6.92 Å². The van der Waals surface area contributed by atoms with Crippen molar-refractivity contribution in [2.75, 3.05) is 0 Å². The van der Waals surface area contributed by atoms with Crippen molar-refractivity contribution in [3.05, 3.63) is 35.9 Å². The van der Waals surface area contributed by atoms with Crippen molar-refractivity contribution in [1.29, 1.82) is 0 Å². The summed E-state index contributed by atoms with van der Waals surface area (Å²) in [4.78, 5) is 3.92. The van der Waals surface area contributed by atoms with Gasteiger partial charge in [-0.15, -0.1) is 0 Å². The molecular formula is C12H17N. The highest BCUT2D eigenvalue weighted by Gasteiger charge is 1.97. The largest absolute Gasteiger partial charge is 0.264 e. The minimum atomic E-state index is 0.933. The standard InChI is InChI=1S/C10H11N.C2H6/c1-4-9-7-5-6-8(2)10(9)11-3;1-2/h4-7H,1,3H2,2H3;1-2H3. The molecule has 0 aliphatic rings. The predicted molar refractivity (Wildman–Crippen MR) is 61.8 cm³/mol. The van der Waals surface area contributed by atoms with E-state index in [0.29, 0.717) is 0 Å². The maximum absolute atomic E-state index is 3.92. The van der Waals surface area contributed by atoms with Gasteiger partial charge in [-0.3, -0.25) is 4.99 Å². The molecule has 0 aliphatic carbocycles. The minimum Gasteiger partial charge on any atom is -0.264 e. The van der Waals surface area contributed by atoms with E-state index >= 15 is 0 Å². The third-order valence-electron chi connectivity index (χ3n) is 1.65. The summed E-state index contributed by atoms with van der Waals surface area (Å²) >= 11 is 0. The number of benzene rings is 1. The van der Waals surface area contributed by atoms with E-state index in [1.807, 2.05) is 39.0 Å². The first-order chi connectivity index (χ1) is 6.29. The van der Waals surface area contributed by atoms with Gasteiger partial charge >= 0.3 is 0 Å². The first-order valence-electron chi connectivity index (χ1n) is 4.48. The molecular weight excluding hydrogens is 158 g/mol. The molecule has 1 heteroatoms. The molecule has 0 atom stereocenters. The Bertz CT molecular complexity index is 287. The van der Waals surface area contributed by atoms with Crippen LogP contribution in [0.4, 0.5) is 5.69 Å². The highest BCUT2D eigenvalue weighted by molar-refractivity contribution is 5.67. The summed E-state index contributed by atoms with van der Waals surface area (Å²) in [5.41, 5.74) is 3.11. The molecule has 1 nitrogen and oxygen atoms in total. The summed E-state index contributed by atoms with van der Waals surface area (Å²) in [7, 11) is 0. The van der Waals surface area contributed by atoms with E-state index in [9.17, 15) is 0 Å². The van der Waals surface area contributed by atoms with Gasteiger partial charge in [0.1, 0.15) is 0 Å². The van der Waals surface area contributed by atoms with Crippen molar-refractivity contribution in [2.45, 2.75) is 20.8 Å². The first kappa shape index (κ1) is 11.6. The maximum Gasteiger partial charge on any atom is 0.0723 e. The van der Waals surface area contributed by atoms with E-state index in [-0.39, 0.29) is 0 Å². The Hall–Kier alpha value is -1.37. The zero-order valence-corrected chi connectivity index (χ0v) is 8.67. The van der Waals surface area contributed by atoms with Gasteiger partial charge in [-0.25, -0.2) is 0 Å². The molecule has 0 radical (unpaired) electrons. The Kier molecular flexibility index (Phi) is 5.53. The molecule has 0 N–H and O–H groups in total. The van der Waals surface area contributed by atoms with Gasteiger partial charge < -0.3 is 0 Å². The number of aryl methyl sites for hydroxylation is 1. The van der Waals surface area contributed by atoms with E-state index in [4.69, 9.17) is 0 Å². The van der Waals surface area contributed by atoms with E-state index < -0.39 is 0 Å². The number of aliphatic imine (C=N–C) groups is 1. The van der Waals surface area contributed by atoms with Gasteiger partial charge in [-0.2, -0.15) is 0 Å². The predicted octanol–water partition coefficient (Wildman–Crippen LogP) is 4.00. The molecule has 0 saturated carbocycles. The van der Waals surface area contributed by atoms with Crippen molar-refractivity contribution in [3.63, 3.8) is 0 Å². The van der Waals surface area contributed by atoms with Crippen LogP contribution in [-0.2, 0) is 0 Å². The molecule has 0 saturated heterocycles. The Morgan fingerprint density at radius 2 is 1.92 bits per heavy atom. The monoisotopic (exact) mass is 175 g/mol. The van der Waals surface area contributed by atoms with Gasteiger partial charge in [0.25, 0.3) is 0 Å². The number of hydrogen-bond donors (Lipinski definition) is 0. The maximum atomic E-state index is 3.92. The molecule has 0 bridgehead atoms. The number of rotatable bonds is 2. The normalized spacial score (nSPS) is 8.23. The second kappa shape index (κ2) is 6.18. The van der Waals surface area contributed by atoms with Crippen LogP contribution in [0.1, 0.15) is 25.0 Å². The van der Waals surface area contributed by atoms with Crippen LogP contribution >= 0.6 is 0 Å². The van der Waals surface area contributed by atoms with Gasteiger partial charge in [0.2, 0.25) is 0 Å². The Balaban J connectivity index is 0.000000671. The van der Waals surface area contributed by atoms with E-state index in [0.717, 1.165) is 16.8 Å². The van der Waals surface area contributed by atoms with Crippen LogP contribution in [0.3, 0.4) is 0 Å². The van der Waals surface area contributed by atoms with Crippen molar-refractivity contribution in [1.82, 2.24) is 0 Å². The van der Waals surface area contributed by atoms with Crippen molar-refractivity contribution in [2.24, 2.45) is 4.99 Å². The fraction of sp³-hybridized carbons (Fsp3) is 0.250. The van der Waals surface area contributed by atoms with Gasteiger partial charge in [0.15, 0.2) is 0 Å². The molecule has 70 valence electrons. The van der Waals surface area contributed by atoms with Gasteiger partial charge in [0, 0.05) is 0 Å². The van der Waals surface area contributed by atoms with Crippen molar-refractivity contribution >= 4 is 18.5 Å². The Labute approximate surface area is 80.8 Å². The summed E-state index contributed by atoms with van der Waals surface area (Å²) in [5.74, 6) is 0. The second-order valence-corrected chi connectivity index (χ2v) is 2.37. The molecule has 0 amide bonds. The molecule has 0 aromatic heterocycles. The fourth-order valence-corrected chi connectivity index (χ4v) is 1.06. The van der Waals surface area contributed by atoms with Crippen LogP contribution in [-0.4, -0.2) is 6.72 Å². The third kappa shape index (κ3) is 2.86. The number of para-hydroxylation sites is 1. The minimum absolute atomic E-state index is 0.933. The van der Waals surface area contributed by atoms with Crippen LogP contribution in [0.2, 0.25) is 0 Å². The molecule has 0 spiro atoms. The highest BCUT2D eigenvalue weighted by Crippen LogP contribution is 2.23. The molecule has 1 aromatic rings. The smallest absolute Gasteiger partial charge is 0.0723 e. The summed E-state index contributed by atoms with van der Waals surface area (Å²) in [6.45, 7) is 13.2. The average molecular weight is 175 g/mol. The van der Waals surface area contributed by atoms with Gasteiger partial charge in [-0.1, -0.05) is 44.7 Å². The number of nitrogens with zero attached hydrogens (tertiary/aromatic N) is 1. The molecule has 0 aliphatic heterocycles. The Morgan fingerprint density at radius 3 is 2.31 bits per heavy atom. The molecule has 0 heterocycles. The lowest BCUT2D eigenvalue weighted by Gasteiger charge is -2.02. The molecule has 1 aromatic carbocycles. The lowest BCUT2D eigenvalue weighted by atomic mass is 10.1. The average Bonchev–Trinajstić information content (AvgIpc) is 2.20. The SMILES string of the molecule is C=Cc1cccc(C)c1N=C.CC. The van der Waals surface area contributed by atoms with Crippen LogP contribution in [0.5, 0.6) is 0 Å². The zero-order chi connectivity index (χ0) is 10.3. The lowest BCUT2D eigenvalue weighted by Crippen LogP contribution is -1.77. The van der Waals surface area contributed by atoms with Crippen molar-refractivity contribution in [3.8, 4) is 0 Å². The quantitative estimate of drug-likeness (QED) is 0.602. The van der Waals surface area contributed by atoms with Crippen molar-refractivity contribution < 1.29 is 0 Å². The topological polar surface area (TPSA) is 12.4 Å². The van der Waals surface area contributed by atoms with E-state index in [1.165, 1.54) is 0 Å².